The first-order chi connectivity index (χ1) is 9.91. The standard InChI is InChI=1S/C13H10IN3O4/c14-5-1-2-6(15)10-9(5)12(20)17(13(10)21)7-3-4-8(18)16-11(7)19/h1-2,7H,3-4,15H2,(H,16,18,19). The van der Waals surface area contributed by atoms with Crippen LogP contribution in [-0.2, 0) is 9.59 Å². The van der Waals surface area contributed by atoms with Gasteiger partial charge in [-0.2, -0.15) is 0 Å². The molecule has 0 radical (unpaired) electrons. The molecule has 108 valence electrons. The van der Waals surface area contributed by atoms with Crippen LogP contribution in [0.2, 0.25) is 0 Å². The molecule has 0 spiro atoms. The van der Waals surface area contributed by atoms with Gasteiger partial charge in [-0.3, -0.25) is 29.4 Å². The predicted molar refractivity (Wildman–Crippen MR) is 80.2 cm³/mol. The minimum atomic E-state index is -0.967. The number of amides is 4. The van der Waals surface area contributed by atoms with Crippen molar-refractivity contribution < 1.29 is 19.2 Å². The van der Waals surface area contributed by atoms with Crippen molar-refractivity contribution >= 4 is 51.9 Å². The largest absolute Gasteiger partial charge is 0.398 e. The third-order valence-electron chi connectivity index (χ3n) is 3.57. The van der Waals surface area contributed by atoms with Crippen molar-refractivity contribution in [2.24, 2.45) is 0 Å². The summed E-state index contributed by atoms with van der Waals surface area (Å²) < 4.78 is 0.602. The van der Waals surface area contributed by atoms with E-state index in [0.29, 0.717) is 3.57 Å². The molecule has 3 N–H and O–H groups in total. The molecule has 0 bridgehead atoms. The van der Waals surface area contributed by atoms with E-state index in [0.717, 1.165) is 4.90 Å². The normalized spacial score (nSPS) is 21.6. The van der Waals surface area contributed by atoms with Crippen molar-refractivity contribution in [2.75, 3.05) is 5.73 Å². The first-order valence-corrected chi connectivity index (χ1v) is 7.29. The van der Waals surface area contributed by atoms with Crippen LogP contribution in [0.3, 0.4) is 0 Å². The van der Waals surface area contributed by atoms with Crippen molar-refractivity contribution in [2.45, 2.75) is 18.9 Å². The third-order valence-corrected chi connectivity index (χ3v) is 4.47. The Hall–Kier alpha value is -1.97. The van der Waals surface area contributed by atoms with Gasteiger partial charge in [-0.25, -0.2) is 0 Å². The van der Waals surface area contributed by atoms with Gasteiger partial charge < -0.3 is 5.73 Å². The number of fused-ring (bicyclic) bond motifs is 1. The molecule has 0 aromatic heterocycles. The Labute approximate surface area is 133 Å². The number of nitrogens with one attached hydrogen (secondary N) is 1. The van der Waals surface area contributed by atoms with Crippen LogP contribution in [0.4, 0.5) is 5.69 Å². The number of imide groups is 2. The second kappa shape index (κ2) is 4.79. The highest BCUT2D eigenvalue weighted by Crippen LogP contribution is 2.33. The number of benzene rings is 1. The van der Waals surface area contributed by atoms with Gasteiger partial charge in [-0.05, 0) is 41.1 Å². The van der Waals surface area contributed by atoms with E-state index in [1.54, 1.807) is 12.1 Å². The van der Waals surface area contributed by atoms with E-state index < -0.39 is 29.7 Å². The van der Waals surface area contributed by atoms with Crippen LogP contribution < -0.4 is 11.1 Å². The van der Waals surface area contributed by atoms with Gasteiger partial charge in [0.25, 0.3) is 11.8 Å². The van der Waals surface area contributed by atoms with Crippen molar-refractivity contribution in [3.8, 4) is 0 Å². The van der Waals surface area contributed by atoms with Crippen LogP contribution in [-0.4, -0.2) is 34.6 Å². The van der Waals surface area contributed by atoms with Gasteiger partial charge >= 0.3 is 0 Å². The van der Waals surface area contributed by atoms with E-state index in [1.807, 2.05) is 22.6 Å². The van der Waals surface area contributed by atoms with Crippen LogP contribution in [0.25, 0.3) is 0 Å². The van der Waals surface area contributed by atoms with Gasteiger partial charge in [0.15, 0.2) is 0 Å². The molecule has 4 amide bonds. The molecule has 0 aliphatic carbocycles. The fourth-order valence-corrected chi connectivity index (χ4v) is 3.26. The van der Waals surface area contributed by atoms with Crippen molar-refractivity contribution in [3.05, 3.63) is 26.8 Å². The summed E-state index contributed by atoms with van der Waals surface area (Å²) in [6.45, 7) is 0. The number of hydrogen-bond acceptors (Lipinski definition) is 5. The maximum atomic E-state index is 12.5. The summed E-state index contributed by atoms with van der Waals surface area (Å²) in [7, 11) is 0. The van der Waals surface area contributed by atoms with E-state index in [9.17, 15) is 19.2 Å². The molecule has 7 nitrogen and oxygen atoms in total. The quantitative estimate of drug-likeness (QED) is 0.401. The van der Waals surface area contributed by atoms with Gasteiger partial charge in [0.2, 0.25) is 11.8 Å². The zero-order chi connectivity index (χ0) is 15.3. The topological polar surface area (TPSA) is 110 Å². The number of nitrogen functional groups attached to an aromatic ring is 1. The Kier molecular flexibility index (Phi) is 3.19. The SMILES string of the molecule is Nc1ccc(I)c2c1C(=O)N(C1CCC(=O)NC1=O)C2=O. The van der Waals surface area contributed by atoms with Crippen molar-refractivity contribution in [1.82, 2.24) is 10.2 Å². The molecule has 1 atom stereocenters. The lowest BCUT2D eigenvalue weighted by Crippen LogP contribution is -2.54. The number of anilines is 1. The average Bonchev–Trinajstić information content (AvgIpc) is 2.68. The number of nitrogens with two attached hydrogens (primary N) is 1. The van der Waals surface area contributed by atoms with Crippen LogP contribution >= 0.6 is 22.6 Å². The molecular formula is C13H10IN3O4. The van der Waals surface area contributed by atoms with Gasteiger partial charge in [-0.1, -0.05) is 0 Å². The molecule has 2 aliphatic heterocycles. The second-order valence-corrected chi connectivity index (χ2v) is 6.00. The molecule has 1 unspecified atom stereocenters. The fourth-order valence-electron chi connectivity index (χ4n) is 2.58. The first-order valence-electron chi connectivity index (χ1n) is 6.21. The maximum absolute atomic E-state index is 12.5. The highest BCUT2D eigenvalue weighted by molar-refractivity contribution is 14.1. The zero-order valence-electron chi connectivity index (χ0n) is 10.7. The summed E-state index contributed by atoms with van der Waals surface area (Å²) in [5.74, 6) is -2.15. The van der Waals surface area contributed by atoms with Crippen LogP contribution in [0.5, 0.6) is 0 Å². The summed E-state index contributed by atoms with van der Waals surface area (Å²) in [6.07, 6.45) is 0.225. The second-order valence-electron chi connectivity index (χ2n) is 4.83. The first kappa shape index (κ1) is 14.0. The Morgan fingerprint density at radius 3 is 2.43 bits per heavy atom. The monoisotopic (exact) mass is 399 g/mol. The molecule has 3 rings (SSSR count). The molecular weight excluding hydrogens is 389 g/mol. The number of carbonyl (C=O) groups is 4. The lowest BCUT2D eigenvalue weighted by molar-refractivity contribution is -0.136. The number of hydrogen-bond donors (Lipinski definition) is 2. The Balaban J connectivity index is 2.05. The Bertz CT molecular complexity index is 675. The zero-order valence-corrected chi connectivity index (χ0v) is 12.8. The minimum absolute atomic E-state index is 0.0936. The summed E-state index contributed by atoms with van der Waals surface area (Å²) in [5, 5.41) is 2.15. The van der Waals surface area contributed by atoms with Crippen molar-refractivity contribution in [3.63, 3.8) is 0 Å². The number of rotatable bonds is 1. The van der Waals surface area contributed by atoms with E-state index in [2.05, 4.69) is 5.32 Å². The molecule has 21 heavy (non-hydrogen) atoms. The summed E-state index contributed by atoms with van der Waals surface area (Å²) in [6, 6.07) is 2.23. The highest BCUT2D eigenvalue weighted by atomic mass is 127. The van der Waals surface area contributed by atoms with Gasteiger partial charge in [-0.15, -0.1) is 0 Å². The van der Waals surface area contributed by atoms with Gasteiger partial charge in [0, 0.05) is 15.7 Å². The maximum Gasteiger partial charge on any atom is 0.264 e. The lowest BCUT2D eigenvalue weighted by atomic mass is 10.0. The van der Waals surface area contributed by atoms with Crippen LogP contribution in [0.15, 0.2) is 12.1 Å². The van der Waals surface area contributed by atoms with E-state index in [-0.39, 0.29) is 29.7 Å². The van der Waals surface area contributed by atoms with Crippen LogP contribution in [0, 0.1) is 3.57 Å². The Morgan fingerprint density at radius 2 is 1.81 bits per heavy atom. The number of nitrogens with zero attached hydrogens (tertiary/aromatic N) is 1. The number of carbonyl (C=O) groups excluding carboxylic acids is 4. The third kappa shape index (κ3) is 2.01. The highest BCUT2D eigenvalue weighted by Gasteiger charge is 2.46. The molecule has 0 saturated carbocycles. The Morgan fingerprint density at radius 1 is 1.14 bits per heavy atom. The molecule has 1 fully saturated rings. The van der Waals surface area contributed by atoms with Crippen LogP contribution in [0.1, 0.15) is 33.6 Å². The smallest absolute Gasteiger partial charge is 0.264 e. The predicted octanol–water partition coefficient (Wildman–Crippen LogP) is 0.275. The average molecular weight is 399 g/mol. The summed E-state index contributed by atoms with van der Waals surface area (Å²) >= 11 is 1.95. The fraction of sp³-hybridized carbons (Fsp3) is 0.231. The van der Waals surface area contributed by atoms with E-state index in [1.165, 1.54) is 0 Å². The van der Waals surface area contributed by atoms with Gasteiger partial charge in [0.05, 0.1) is 11.1 Å². The molecule has 2 aliphatic rings. The van der Waals surface area contributed by atoms with E-state index >= 15 is 0 Å². The molecule has 1 aromatic rings. The molecule has 8 heteroatoms. The van der Waals surface area contributed by atoms with Crippen molar-refractivity contribution in [1.29, 1.82) is 0 Å². The number of halogens is 1. The lowest BCUT2D eigenvalue weighted by Gasteiger charge is -2.27. The molecule has 2 heterocycles. The van der Waals surface area contributed by atoms with E-state index in [4.69, 9.17) is 5.73 Å². The minimum Gasteiger partial charge on any atom is -0.398 e. The summed E-state index contributed by atoms with van der Waals surface area (Å²) in [5.41, 5.74) is 6.35. The summed E-state index contributed by atoms with van der Waals surface area (Å²) in [4.78, 5) is 48.9. The number of piperidine rings is 1. The molecule has 1 saturated heterocycles. The molecule has 1 aromatic carbocycles. The van der Waals surface area contributed by atoms with Gasteiger partial charge in [0.1, 0.15) is 6.04 Å².